The summed E-state index contributed by atoms with van der Waals surface area (Å²) in [4.78, 5) is 22.0. The van der Waals surface area contributed by atoms with Crippen LogP contribution in [-0.4, -0.2) is 25.2 Å². The number of benzene rings is 1. The molecule has 0 saturated carbocycles. The van der Waals surface area contributed by atoms with Crippen molar-refractivity contribution in [3.63, 3.8) is 0 Å². The molecular formula is C22H21N5O. The van der Waals surface area contributed by atoms with Crippen LogP contribution >= 0.6 is 0 Å². The zero-order valence-corrected chi connectivity index (χ0v) is 16.1. The van der Waals surface area contributed by atoms with E-state index in [4.69, 9.17) is 0 Å². The number of fused-ring (bicyclic) bond motifs is 1. The van der Waals surface area contributed by atoms with Crippen molar-refractivity contribution in [3.8, 4) is 0 Å². The van der Waals surface area contributed by atoms with Gasteiger partial charge in [0.1, 0.15) is 5.49 Å². The highest BCUT2D eigenvalue weighted by Crippen LogP contribution is 2.22. The Morgan fingerprint density at radius 2 is 1.82 bits per heavy atom. The van der Waals surface area contributed by atoms with E-state index in [2.05, 4.69) is 27.2 Å². The van der Waals surface area contributed by atoms with Crippen LogP contribution in [0.1, 0.15) is 27.3 Å². The maximum absolute atomic E-state index is 13.1. The lowest BCUT2D eigenvalue weighted by Gasteiger charge is -2.08. The Morgan fingerprint density at radius 1 is 1.07 bits per heavy atom. The molecule has 0 aliphatic carbocycles. The number of carbonyl (C=O) groups excluding carboxylic acids is 1. The second kappa shape index (κ2) is 7.23. The minimum absolute atomic E-state index is 0.292. The van der Waals surface area contributed by atoms with Gasteiger partial charge >= 0.3 is 0 Å². The third-order valence-electron chi connectivity index (χ3n) is 4.66. The molecule has 0 aliphatic heterocycles. The number of aryl methyl sites for hydroxylation is 3. The van der Waals surface area contributed by atoms with Crippen LogP contribution in [0.5, 0.6) is 0 Å². The molecule has 3 heterocycles. The van der Waals surface area contributed by atoms with Crippen LogP contribution in [-0.2, 0) is 13.6 Å². The van der Waals surface area contributed by atoms with Crippen molar-refractivity contribution in [1.29, 1.82) is 0 Å². The number of aromatic nitrogens is 4. The van der Waals surface area contributed by atoms with Crippen molar-refractivity contribution >= 4 is 16.9 Å². The van der Waals surface area contributed by atoms with Gasteiger partial charge in [-0.05, 0) is 37.6 Å². The molecule has 1 amide bonds. The van der Waals surface area contributed by atoms with Gasteiger partial charge in [0.15, 0.2) is 5.65 Å². The first-order chi connectivity index (χ1) is 13.5. The fourth-order valence-corrected chi connectivity index (χ4v) is 3.39. The molecule has 0 N–H and O–H groups in total. The molecule has 0 unspecified atom stereocenters. The first-order valence-corrected chi connectivity index (χ1v) is 9.12. The molecule has 6 nitrogen and oxygen atoms in total. The fraction of sp³-hybridized carbons (Fsp3) is 0.182. The Kier molecular flexibility index (Phi) is 4.61. The molecule has 1 aromatic carbocycles. The molecule has 0 aliphatic rings. The Hall–Kier alpha value is -3.54. The molecule has 0 fully saturated rings. The standard InChI is InChI=1S/C22H21N5O/c1-15-13-18(20-16(2)25-26(3)21(20)23-15)22(28)24-19-11-7-8-12-27(19)14-17-9-5-4-6-10-17/h4-13H,14H2,1-3H3. The zero-order valence-electron chi connectivity index (χ0n) is 16.1. The van der Waals surface area contributed by atoms with E-state index in [9.17, 15) is 4.79 Å². The molecular weight excluding hydrogens is 350 g/mol. The summed E-state index contributed by atoms with van der Waals surface area (Å²) in [6, 6.07) is 17.6. The second-order valence-corrected chi connectivity index (χ2v) is 6.81. The number of hydrogen-bond donors (Lipinski definition) is 0. The van der Waals surface area contributed by atoms with Crippen molar-refractivity contribution in [1.82, 2.24) is 19.3 Å². The van der Waals surface area contributed by atoms with Gasteiger partial charge in [-0.1, -0.05) is 36.4 Å². The maximum Gasteiger partial charge on any atom is 0.279 e. The molecule has 4 aromatic rings. The number of hydrogen-bond acceptors (Lipinski definition) is 3. The molecule has 28 heavy (non-hydrogen) atoms. The first kappa shape index (κ1) is 17.9. The quantitative estimate of drug-likeness (QED) is 0.556. The normalized spacial score (nSPS) is 11.9. The minimum Gasteiger partial charge on any atom is -0.328 e. The van der Waals surface area contributed by atoms with E-state index in [1.165, 1.54) is 0 Å². The summed E-state index contributed by atoms with van der Waals surface area (Å²) in [6.07, 6.45) is 1.93. The number of amides is 1. The molecule has 0 bridgehead atoms. The highest BCUT2D eigenvalue weighted by molar-refractivity contribution is 6.07. The van der Waals surface area contributed by atoms with Gasteiger partial charge < -0.3 is 4.57 Å². The molecule has 0 atom stereocenters. The SMILES string of the molecule is Cc1cc(C(=O)N=c2ccccn2Cc2ccccc2)c2c(C)nn(C)c2n1. The summed E-state index contributed by atoms with van der Waals surface area (Å²) < 4.78 is 3.67. The van der Waals surface area contributed by atoms with Crippen molar-refractivity contribution in [3.05, 3.63) is 88.8 Å². The summed E-state index contributed by atoms with van der Waals surface area (Å²) in [5, 5.41) is 5.17. The molecule has 6 heteroatoms. The second-order valence-electron chi connectivity index (χ2n) is 6.81. The van der Waals surface area contributed by atoms with Crippen LogP contribution in [0.4, 0.5) is 0 Å². The molecule has 0 spiro atoms. The minimum atomic E-state index is -0.292. The summed E-state index contributed by atoms with van der Waals surface area (Å²) in [6.45, 7) is 4.40. The zero-order chi connectivity index (χ0) is 19.7. The third-order valence-corrected chi connectivity index (χ3v) is 4.66. The number of pyridine rings is 2. The molecule has 4 rings (SSSR count). The van der Waals surface area contributed by atoms with Crippen molar-refractivity contribution < 1.29 is 4.79 Å². The fourth-order valence-electron chi connectivity index (χ4n) is 3.39. The summed E-state index contributed by atoms with van der Waals surface area (Å²) in [5.74, 6) is -0.292. The van der Waals surface area contributed by atoms with Crippen LogP contribution < -0.4 is 5.49 Å². The highest BCUT2D eigenvalue weighted by atomic mass is 16.1. The van der Waals surface area contributed by atoms with Gasteiger partial charge in [0, 0.05) is 25.5 Å². The van der Waals surface area contributed by atoms with E-state index in [1.54, 1.807) is 10.7 Å². The van der Waals surface area contributed by atoms with E-state index >= 15 is 0 Å². The van der Waals surface area contributed by atoms with Crippen LogP contribution in [0, 0.1) is 13.8 Å². The third kappa shape index (κ3) is 3.36. The largest absolute Gasteiger partial charge is 0.328 e. The average molecular weight is 371 g/mol. The predicted octanol–water partition coefficient (Wildman–Crippen LogP) is 3.18. The molecule has 140 valence electrons. The number of rotatable bonds is 3. The van der Waals surface area contributed by atoms with E-state index < -0.39 is 0 Å². The van der Waals surface area contributed by atoms with Crippen molar-refractivity contribution in [2.24, 2.45) is 12.0 Å². The van der Waals surface area contributed by atoms with Gasteiger partial charge in [0.05, 0.1) is 16.6 Å². The van der Waals surface area contributed by atoms with Gasteiger partial charge in [-0.25, -0.2) is 4.98 Å². The average Bonchev–Trinajstić information content (AvgIpc) is 2.97. The monoisotopic (exact) mass is 371 g/mol. The Morgan fingerprint density at radius 3 is 2.61 bits per heavy atom. The van der Waals surface area contributed by atoms with E-state index in [0.29, 0.717) is 23.2 Å². The van der Waals surface area contributed by atoms with Gasteiger partial charge in [-0.3, -0.25) is 9.48 Å². The Balaban J connectivity index is 1.81. The first-order valence-electron chi connectivity index (χ1n) is 9.12. The molecule has 3 aromatic heterocycles. The van der Waals surface area contributed by atoms with Crippen LogP contribution in [0.15, 0.2) is 65.8 Å². The summed E-state index contributed by atoms with van der Waals surface area (Å²) in [7, 11) is 1.83. The van der Waals surface area contributed by atoms with Gasteiger partial charge in [-0.2, -0.15) is 10.1 Å². The van der Waals surface area contributed by atoms with Crippen molar-refractivity contribution in [2.45, 2.75) is 20.4 Å². The highest BCUT2D eigenvalue weighted by Gasteiger charge is 2.17. The number of nitrogens with zero attached hydrogens (tertiary/aromatic N) is 5. The van der Waals surface area contributed by atoms with Crippen LogP contribution in [0.25, 0.3) is 11.0 Å². The number of carbonyl (C=O) groups is 1. The van der Waals surface area contributed by atoms with Crippen LogP contribution in [0.2, 0.25) is 0 Å². The van der Waals surface area contributed by atoms with Crippen molar-refractivity contribution in [2.75, 3.05) is 0 Å². The van der Waals surface area contributed by atoms with Gasteiger partial charge in [0.2, 0.25) is 0 Å². The van der Waals surface area contributed by atoms with E-state index in [1.807, 2.05) is 68.1 Å². The smallest absolute Gasteiger partial charge is 0.279 e. The maximum atomic E-state index is 13.1. The van der Waals surface area contributed by atoms with Crippen LogP contribution in [0.3, 0.4) is 0 Å². The lowest BCUT2D eigenvalue weighted by atomic mass is 10.1. The molecule has 0 saturated heterocycles. The van der Waals surface area contributed by atoms with Gasteiger partial charge in [0.25, 0.3) is 5.91 Å². The lowest BCUT2D eigenvalue weighted by molar-refractivity contribution is 0.0998. The predicted molar refractivity (Wildman–Crippen MR) is 108 cm³/mol. The molecule has 0 radical (unpaired) electrons. The van der Waals surface area contributed by atoms with Gasteiger partial charge in [-0.15, -0.1) is 0 Å². The Labute approximate surface area is 162 Å². The lowest BCUT2D eigenvalue weighted by Crippen LogP contribution is -2.22. The Bertz CT molecular complexity index is 1240. The van der Waals surface area contributed by atoms with E-state index in [0.717, 1.165) is 22.3 Å². The van der Waals surface area contributed by atoms with E-state index in [-0.39, 0.29) is 5.91 Å². The summed E-state index contributed by atoms with van der Waals surface area (Å²) in [5.41, 5.74) is 4.52. The topological polar surface area (TPSA) is 65.1 Å². The summed E-state index contributed by atoms with van der Waals surface area (Å²) >= 11 is 0.